The van der Waals surface area contributed by atoms with Gasteiger partial charge in [0.2, 0.25) is 5.88 Å². The van der Waals surface area contributed by atoms with Crippen molar-refractivity contribution in [2.75, 3.05) is 31.6 Å². The molecular formula is C25H25ClN4O6. The Kier molecular flexibility index (Phi) is 5.78. The molecule has 2 aliphatic rings. The zero-order valence-electron chi connectivity index (χ0n) is 20.3. The quantitative estimate of drug-likeness (QED) is 0.479. The molecule has 0 N–H and O–H groups in total. The van der Waals surface area contributed by atoms with Crippen LogP contribution in [-0.2, 0) is 9.47 Å². The minimum Gasteiger partial charge on any atom is -0.494 e. The molecule has 0 bridgehead atoms. The number of carbonyl (C=O) groups excluding carboxylic acids is 2. The summed E-state index contributed by atoms with van der Waals surface area (Å²) >= 11 is 6.08. The summed E-state index contributed by atoms with van der Waals surface area (Å²) in [6, 6.07) is 10.4. The van der Waals surface area contributed by atoms with Crippen molar-refractivity contribution >= 4 is 40.4 Å². The highest BCUT2D eigenvalue weighted by atomic mass is 35.5. The van der Waals surface area contributed by atoms with Gasteiger partial charge in [-0.1, -0.05) is 17.7 Å². The van der Waals surface area contributed by atoms with Gasteiger partial charge >= 0.3 is 12.2 Å². The molecule has 0 radical (unpaired) electrons. The number of aromatic nitrogens is 2. The van der Waals surface area contributed by atoms with Gasteiger partial charge in [-0.2, -0.15) is 0 Å². The number of hydrogen-bond acceptors (Lipinski definition) is 8. The van der Waals surface area contributed by atoms with Gasteiger partial charge in [0, 0.05) is 11.1 Å². The van der Waals surface area contributed by atoms with E-state index in [1.165, 1.54) is 23.2 Å². The average Bonchev–Trinajstić information content (AvgIpc) is 3.14. The predicted molar refractivity (Wildman–Crippen MR) is 132 cm³/mol. The number of halogens is 1. The highest BCUT2D eigenvalue weighted by Gasteiger charge is 2.56. The molecule has 2 aromatic carbocycles. The lowest BCUT2D eigenvalue weighted by Crippen LogP contribution is -2.66. The molecule has 5 rings (SSSR count). The van der Waals surface area contributed by atoms with E-state index >= 15 is 0 Å². The molecule has 188 valence electrons. The first-order chi connectivity index (χ1) is 17.1. The van der Waals surface area contributed by atoms with Crippen LogP contribution < -0.4 is 14.4 Å². The van der Waals surface area contributed by atoms with Crippen LogP contribution in [0.15, 0.2) is 42.7 Å². The highest BCUT2D eigenvalue weighted by molar-refractivity contribution is 6.30. The van der Waals surface area contributed by atoms with Gasteiger partial charge in [-0.15, -0.1) is 0 Å². The monoisotopic (exact) mass is 512 g/mol. The summed E-state index contributed by atoms with van der Waals surface area (Å²) in [5.41, 5.74) is -0.372. The molecule has 2 amide bonds. The fraction of sp³-hybridized carbons (Fsp3) is 0.360. The van der Waals surface area contributed by atoms with E-state index in [9.17, 15) is 9.59 Å². The van der Waals surface area contributed by atoms with E-state index in [-0.39, 0.29) is 19.6 Å². The van der Waals surface area contributed by atoms with E-state index in [2.05, 4.69) is 9.97 Å². The molecule has 0 atom stereocenters. The molecule has 1 spiro atoms. The van der Waals surface area contributed by atoms with Crippen molar-refractivity contribution in [2.24, 2.45) is 0 Å². The molecule has 36 heavy (non-hydrogen) atoms. The minimum atomic E-state index is -0.818. The Morgan fingerprint density at radius 3 is 2.61 bits per heavy atom. The van der Waals surface area contributed by atoms with Crippen LogP contribution in [0.4, 0.5) is 15.3 Å². The largest absolute Gasteiger partial charge is 0.494 e. The maximum atomic E-state index is 12.9. The van der Waals surface area contributed by atoms with Crippen LogP contribution in [-0.4, -0.2) is 65.0 Å². The number of rotatable bonds is 4. The number of carbonyl (C=O) groups is 2. The van der Waals surface area contributed by atoms with Crippen molar-refractivity contribution in [3.63, 3.8) is 0 Å². The molecule has 11 heteroatoms. The molecule has 0 unspecified atom stereocenters. The van der Waals surface area contributed by atoms with Crippen molar-refractivity contribution in [3.05, 3.63) is 47.7 Å². The lowest BCUT2D eigenvalue weighted by molar-refractivity contribution is -0.0779. The van der Waals surface area contributed by atoms with Crippen LogP contribution in [0.2, 0.25) is 5.02 Å². The van der Waals surface area contributed by atoms with E-state index in [1.807, 2.05) is 0 Å². The molecule has 0 aliphatic carbocycles. The lowest BCUT2D eigenvalue weighted by atomic mass is 9.94. The van der Waals surface area contributed by atoms with E-state index in [0.29, 0.717) is 39.0 Å². The molecule has 10 nitrogen and oxygen atoms in total. The molecule has 1 aromatic heterocycles. The van der Waals surface area contributed by atoms with Crippen LogP contribution in [0.3, 0.4) is 0 Å². The van der Waals surface area contributed by atoms with Gasteiger partial charge < -0.3 is 18.9 Å². The van der Waals surface area contributed by atoms with E-state index in [4.69, 9.17) is 30.5 Å². The van der Waals surface area contributed by atoms with Gasteiger partial charge in [0.1, 0.15) is 23.4 Å². The summed E-state index contributed by atoms with van der Waals surface area (Å²) in [6.45, 7) is 6.14. The third kappa shape index (κ3) is 4.56. The number of nitrogens with zero attached hydrogens (tertiary/aromatic N) is 4. The Labute approximate surface area is 212 Å². The summed E-state index contributed by atoms with van der Waals surface area (Å²) < 4.78 is 22.7. The van der Waals surface area contributed by atoms with E-state index < -0.39 is 23.4 Å². The topological polar surface area (TPSA) is 103 Å². The second kappa shape index (κ2) is 8.70. The molecule has 0 saturated carbocycles. The lowest BCUT2D eigenvalue weighted by Gasteiger charge is -2.45. The Morgan fingerprint density at radius 1 is 1.14 bits per heavy atom. The highest BCUT2D eigenvalue weighted by Crippen LogP contribution is 2.42. The zero-order chi connectivity index (χ0) is 25.7. The van der Waals surface area contributed by atoms with Gasteiger partial charge in [-0.3, -0.25) is 9.80 Å². The van der Waals surface area contributed by atoms with Gasteiger partial charge in [0.05, 0.1) is 43.3 Å². The first-order valence-corrected chi connectivity index (χ1v) is 11.7. The van der Waals surface area contributed by atoms with E-state index in [0.717, 1.165) is 0 Å². The fourth-order valence-corrected chi connectivity index (χ4v) is 4.41. The summed E-state index contributed by atoms with van der Waals surface area (Å²) in [6.07, 6.45) is 0.413. The number of amides is 2. The Bertz CT molecular complexity index is 1350. The molecular weight excluding hydrogens is 488 g/mol. The number of anilines is 1. The number of hydrogen-bond donors (Lipinski definition) is 0. The summed E-state index contributed by atoms with van der Waals surface area (Å²) in [4.78, 5) is 36.9. The molecule has 3 aromatic rings. The van der Waals surface area contributed by atoms with Crippen LogP contribution in [0.25, 0.3) is 10.9 Å². The number of benzene rings is 2. The summed E-state index contributed by atoms with van der Waals surface area (Å²) in [5, 5.41) is 1.10. The number of ether oxygens (including phenoxy) is 4. The van der Waals surface area contributed by atoms with Crippen molar-refractivity contribution in [2.45, 2.75) is 32.0 Å². The van der Waals surface area contributed by atoms with Crippen molar-refractivity contribution in [3.8, 4) is 17.4 Å². The number of likely N-dealkylation sites (tertiary alicyclic amines) is 1. The van der Waals surface area contributed by atoms with Gasteiger partial charge in [-0.05, 0) is 45.0 Å². The molecule has 2 saturated heterocycles. The van der Waals surface area contributed by atoms with Crippen molar-refractivity contribution in [1.29, 1.82) is 0 Å². The second-order valence-electron chi connectivity index (χ2n) is 9.75. The summed E-state index contributed by atoms with van der Waals surface area (Å²) in [5.74, 6) is 1.25. The predicted octanol–water partition coefficient (Wildman–Crippen LogP) is 5.03. The van der Waals surface area contributed by atoms with Crippen molar-refractivity contribution < 1.29 is 28.5 Å². The Morgan fingerprint density at radius 2 is 1.92 bits per heavy atom. The number of fused-ring (bicyclic) bond motifs is 1. The van der Waals surface area contributed by atoms with Crippen molar-refractivity contribution in [1.82, 2.24) is 14.9 Å². The Hall–Kier alpha value is -3.79. The van der Waals surface area contributed by atoms with Crippen LogP contribution in [0, 0.1) is 0 Å². The van der Waals surface area contributed by atoms with Crippen LogP contribution in [0.5, 0.6) is 17.4 Å². The van der Waals surface area contributed by atoms with Crippen LogP contribution >= 0.6 is 11.6 Å². The SMILES string of the molecule is COc1cc2ncnc(Oc3cccc(Cl)c3)c2cc1N1CC2(CN(C(=O)OC(C)(C)C)C2)OC1=O. The van der Waals surface area contributed by atoms with Crippen LogP contribution in [0.1, 0.15) is 20.8 Å². The molecule has 2 aliphatic heterocycles. The summed E-state index contributed by atoms with van der Waals surface area (Å²) in [7, 11) is 1.51. The molecule has 2 fully saturated rings. The fourth-order valence-electron chi connectivity index (χ4n) is 4.22. The third-order valence-electron chi connectivity index (χ3n) is 5.78. The first-order valence-electron chi connectivity index (χ1n) is 11.3. The Balaban J connectivity index is 1.42. The van der Waals surface area contributed by atoms with Gasteiger partial charge in [0.25, 0.3) is 0 Å². The third-order valence-corrected chi connectivity index (χ3v) is 6.02. The molecule has 3 heterocycles. The van der Waals surface area contributed by atoms with Gasteiger partial charge in [0.15, 0.2) is 5.60 Å². The smallest absolute Gasteiger partial charge is 0.415 e. The first kappa shape index (κ1) is 23.9. The minimum absolute atomic E-state index is 0.241. The maximum absolute atomic E-state index is 12.9. The number of methoxy groups -OCH3 is 1. The second-order valence-corrected chi connectivity index (χ2v) is 10.2. The van der Waals surface area contributed by atoms with E-state index in [1.54, 1.807) is 57.2 Å². The normalized spacial score (nSPS) is 16.6. The zero-order valence-corrected chi connectivity index (χ0v) is 21.0. The average molecular weight is 513 g/mol. The standard InChI is InChI=1S/C25H25ClN4O6/c1-24(2,3)35-22(31)29-11-25(12-29)13-30(23(32)36-25)19-9-17-18(10-20(19)33-4)27-14-28-21(17)34-16-7-5-6-15(26)8-16/h5-10,14H,11-13H2,1-4H3. The maximum Gasteiger partial charge on any atom is 0.415 e. The van der Waals surface area contributed by atoms with Gasteiger partial charge in [-0.25, -0.2) is 19.6 Å².